The number of nitrogens with one attached hydrogen (secondary N) is 2. The van der Waals surface area contributed by atoms with Crippen LogP contribution in [0.15, 0.2) is 41.5 Å². The summed E-state index contributed by atoms with van der Waals surface area (Å²) < 4.78 is 4.98. The molecule has 0 saturated heterocycles. The number of imidazole rings is 1. The molecule has 3 heterocycles. The van der Waals surface area contributed by atoms with Crippen molar-refractivity contribution in [3.63, 3.8) is 0 Å². The maximum Gasteiger partial charge on any atom is 0.179 e. The zero-order chi connectivity index (χ0) is 10.8. The predicted octanol–water partition coefficient (Wildman–Crippen LogP) is 2.16. The normalized spacial score (nSPS) is 10.8. The van der Waals surface area contributed by atoms with Gasteiger partial charge in [0, 0.05) is 12.1 Å². The van der Waals surface area contributed by atoms with Crippen molar-refractivity contribution in [3.05, 3.63) is 42.6 Å². The van der Waals surface area contributed by atoms with E-state index in [9.17, 15) is 0 Å². The second-order valence-electron chi connectivity index (χ2n) is 3.46. The number of anilines is 1. The van der Waals surface area contributed by atoms with Crippen LogP contribution >= 0.6 is 0 Å². The van der Waals surface area contributed by atoms with Gasteiger partial charge in [0.25, 0.3) is 0 Å². The minimum absolute atomic E-state index is 0.694. The van der Waals surface area contributed by atoms with Crippen LogP contribution in [0.25, 0.3) is 11.2 Å². The highest BCUT2D eigenvalue weighted by molar-refractivity contribution is 5.71. The minimum atomic E-state index is 0.694. The Morgan fingerprint density at radius 3 is 3.19 bits per heavy atom. The molecule has 0 unspecified atom stereocenters. The Morgan fingerprint density at radius 2 is 2.31 bits per heavy atom. The topological polar surface area (TPSA) is 66.7 Å². The summed E-state index contributed by atoms with van der Waals surface area (Å²) in [6.45, 7) is 0.694. The molecule has 5 nitrogen and oxygen atoms in total. The summed E-state index contributed by atoms with van der Waals surface area (Å²) in [7, 11) is 0. The number of aromatic amines is 1. The van der Waals surface area contributed by atoms with Crippen molar-refractivity contribution in [2.75, 3.05) is 5.32 Å². The van der Waals surface area contributed by atoms with Crippen LogP contribution in [0.4, 0.5) is 5.82 Å². The Hall–Kier alpha value is -2.30. The Bertz CT molecular complexity index is 585. The first-order valence-electron chi connectivity index (χ1n) is 4.97. The molecule has 0 amide bonds. The number of hydrogen-bond donors (Lipinski definition) is 2. The van der Waals surface area contributed by atoms with E-state index in [1.165, 1.54) is 0 Å². The van der Waals surface area contributed by atoms with E-state index in [1.807, 2.05) is 18.2 Å². The molecule has 16 heavy (non-hydrogen) atoms. The summed E-state index contributed by atoms with van der Waals surface area (Å²) in [5, 5.41) is 3.20. The van der Waals surface area contributed by atoms with Gasteiger partial charge in [0.15, 0.2) is 5.65 Å². The molecule has 0 atom stereocenters. The van der Waals surface area contributed by atoms with Crippen LogP contribution < -0.4 is 5.32 Å². The van der Waals surface area contributed by atoms with Gasteiger partial charge in [-0.25, -0.2) is 9.97 Å². The van der Waals surface area contributed by atoms with Crippen LogP contribution in [0.3, 0.4) is 0 Å². The maximum atomic E-state index is 4.98. The number of hydrogen-bond acceptors (Lipinski definition) is 4. The molecule has 0 fully saturated rings. The molecule has 5 heteroatoms. The van der Waals surface area contributed by atoms with Crippen LogP contribution in [-0.2, 0) is 6.54 Å². The zero-order valence-electron chi connectivity index (χ0n) is 8.47. The molecule has 2 N–H and O–H groups in total. The molecule has 0 bridgehead atoms. The van der Waals surface area contributed by atoms with Gasteiger partial charge < -0.3 is 14.7 Å². The summed E-state index contributed by atoms with van der Waals surface area (Å²) in [6.07, 6.45) is 5.00. The molecule has 3 aromatic rings. The molecule has 3 aromatic heterocycles. The summed E-state index contributed by atoms with van der Waals surface area (Å²) in [5.41, 5.74) is 2.75. The highest BCUT2D eigenvalue weighted by atomic mass is 16.3. The fourth-order valence-electron chi connectivity index (χ4n) is 1.51. The third kappa shape index (κ3) is 1.63. The molecule has 3 rings (SSSR count). The first kappa shape index (κ1) is 8.96. The molecule has 0 aromatic carbocycles. The molecule has 0 aliphatic rings. The highest BCUT2D eigenvalue weighted by Gasteiger charge is 2.00. The number of H-pyrrole nitrogens is 1. The van der Waals surface area contributed by atoms with Crippen LogP contribution in [0.2, 0.25) is 0 Å². The molecule has 80 valence electrons. The summed E-state index contributed by atoms with van der Waals surface area (Å²) in [5.74, 6) is 0.806. The zero-order valence-corrected chi connectivity index (χ0v) is 8.47. The number of nitrogens with zero attached hydrogens (tertiary/aromatic N) is 2. The molecule has 0 aliphatic heterocycles. The highest BCUT2D eigenvalue weighted by Crippen LogP contribution is 2.11. The van der Waals surface area contributed by atoms with Crippen molar-refractivity contribution in [1.29, 1.82) is 0 Å². The maximum absolute atomic E-state index is 4.98. The number of furan rings is 1. The van der Waals surface area contributed by atoms with Gasteiger partial charge in [0.05, 0.1) is 24.4 Å². The Kier molecular flexibility index (Phi) is 2.07. The van der Waals surface area contributed by atoms with Crippen molar-refractivity contribution in [2.24, 2.45) is 0 Å². The summed E-state index contributed by atoms with van der Waals surface area (Å²) in [6, 6.07) is 5.79. The molecule has 0 spiro atoms. The van der Waals surface area contributed by atoms with Crippen molar-refractivity contribution in [2.45, 2.75) is 6.54 Å². The quantitative estimate of drug-likeness (QED) is 0.701. The van der Waals surface area contributed by atoms with Crippen LogP contribution in [-0.4, -0.2) is 15.0 Å². The van der Waals surface area contributed by atoms with E-state index >= 15 is 0 Å². The van der Waals surface area contributed by atoms with E-state index in [2.05, 4.69) is 20.3 Å². The standard InChI is InChI=1S/C11H10N4O/c1-2-10(12-5-8-3-4-16-6-8)15-11-9(1)13-7-14-11/h1-4,6-7H,5H2,(H2,12,13,14,15). The fourth-order valence-corrected chi connectivity index (χ4v) is 1.51. The Balaban J connectivity index is 1.78. The lowest BCUT2D eigenvalue weighted by molar-refractivity contribution is 0.564. The number of rotatable bonds is 3. The first-order chi connectivity index (χ1) is 7.92. The average Bonchev–Trinajstić information content (AvgIpc) is 2.97. The van der Waals surface area contributed by atoms with Crippen molar-refractivity contribution in [3.8, 4) is 0 Å². The Labute approximate surface area is 91.5 Å². The van der Waals surface area contributed by atoms with Gasteiger partial charge in [-0.2, -0.15) is 0 Å². The van der Waals surface area contributed by atoms with Gasteiger partial charge in [0.2, 0.25) is 0 Å². The molecule has 0 radical (unpaired) electrons. The van der Waals surface area contributed by atoms with Gasteiger partial charge in [-0.1, -0.05) is 0 Å². The summed E-state index contributed by atoms with van der Waals surface area (Å²) >= 11 is 0. The SMILES string of the molecule is c1nc2nc(NCc3ccoc3)ccc2[nH]1. The van der Waals surface area contributed by atoms with Gasteiger partial charge >= 0.3 is 0 Å². The van der Waals surface area contributed by atoms with Crippen LogP contribution in [0.1, 0.15) is 5.56 Å². The van der Waals surface area contributed by atoms with Gasteiger partial charge in [-0.05, 0) is 18.2 Å². The molecule has 0 saturated carbocycles. The number of aromatic nitrogens is 3. The van der Waals surface area contributed by atoms with Crippen LogP contribution in [0.5, 0.6) is 0 Å². The van der Waals surface area contributed by atoms with Gasteiger partial charge in [0.1, 0.15) is 5.82 Å². The lowest BCUT2D eigenvalue weighted by Gasteiger charge is -2.02. The van der Waals surface area contributed by atoms with E-state index in [1.54, 1.807) is 18.9 Å². The molecule has 0 aliphatic carbocycles. The smallest absolute Gasteiger partial charge is 0.179 e. The third-order valence-electron chi connectivity index (χ3n) is 2.34. The average molecular weight is 214 g/mol. The predicted molar refractivity (Wildman–Crippen MR) is 59.9 cm³/mol. The Morgan fingerprint density at radius 1 is 1.31 bits per heavy atom. The molecular formula is C11H10N4O. The number of fused-ring (bicyclic) bond motifs is 1. The lowest BCUT2D eigenvalue weighted by atomic mass is 10.3. The van der Waals surface area contributed by atoms with Crippen molar-refractivity contribution in [1.82, 2.24) is 15.0 Å². The fraction of sp³-hybridized carbons (Fsp3) is 0.0909. The largest absolute Gasteiger partial charge is 0.472 e. The van der Waals surface area contributed by atoms with E-state index in [0.29, 0.717) is 6.54 Å². The second kappa shape index (κ2) is 3.69. The van der Waals surface area contributed by atoms with E-state index in [-0.39, 0.29) is 0 Å². The monoisotopic (exact) mass is 214 g/mol. The third-order valence-corrected chi connectivity index (χ3v) is 2.34. The van der Waals surface area contributed by atoms with E-state index in [4.69, 9.17) is 4.42 Å². The van der Waals surface area contributed by atoms with Crippen molar-refractivity contribution >= 4 is 17.0 Å². The molecular weight excluding hydrogens is 204 g/mol. The van der Waals surface area contributed by atoms with Gasteiger partial charge in [-0.15, -0.1) is 0 Å². The summed E-state index contributed by atoms with van der Waals surface area (Å²) in [4.78, 5) is 11.4. The van der Waals surface area contributed by atoms with E-state index in [0.717, 1.165) is 22.5 Å². The van der Waals surface area contributed by atoms with Crippen molar-refractivity contribution < 1.29 is 4.42 Å². The van der Waals surface area contributed by atoms with Crippen LogP contribution in [0, 0.1) is 0 Å². The lowest BCUT2D eigenvalue weighted by Crippen LogP contribution is -2.00. The first-order valence-corrected chi connectivity index (χ1v) is 4.97. The second-order valence-corrected chi connectivity index (χ2v) is 3.46. The number of pyridine rings is 1. The van der Waals surface area contributed by atoms with E-state index < -0.39 is 0 Å². The van der Waals surface area contributed by atoms with Gasteiger partial charge in [-0.3, -0.25) is 0 Å². The minimum Gasteiger partial charge on any atom is -0.472 e.